The molecule has 0 unspecified atom stereocenters. The molecule has 0 saturated carbocycles. The number of ether oxygens (including phenoxy) is 2. The standard InChI is InChI=1S/C23H29N5O3/c1-3-18-15-27(14-17-13-19(30-2)9-10-22(17)31-18)16-23(29)24-11-6-12-28-21-8-5-4-7-20(21)25-26-28/h4-5,7-10,13,18H,3,6,11-12,14-16H2,1-2H3,(H,24,29)/t18-/m1/s1. The molecule has 1 amide bonds. The molecule has 2 aromatic carbocycles. The SMILES string of the molecule is CC[C@@H]1CN(CC(=O)NCCCn2nnc3ccccc32)Cc2cc(OC)ccc2O1. The van der Waals surface area contributed by atoms with Gasteiger partial charge < -0.3 is 14.8 Å². The number of hydrogen-bond donors (Lipinski definition) is 1. The van der Waals surface area contributed by atoms with Crippen LogP contribution in [-0.2, 0) is 17.9 Å². The number of fused-ring (bicyclic) bond motifs is 2. The van der Waals surface area contributed by atoms with Gasteiger partial charge in [-0.25, -0.2) is 4.68 Å². The van der Waals surface area contributed by atoms with Crippen molar-refractivity contribution < 1.29 is 14.3 Å². The predicted molar refractivity (Wildman–Crippen MR) is 118 cm³/mol. The molecule has 0 spiro atoms. The van der Waals surface area contributed by atoms with Gasteiger partial charge in [-0.3, -0.25) is 9.69 Å². The molecule has 164 valence electrons. The minimum absolute atomic E-state index is 0.0182. The van der Waals surface area contributed by atoms with Gasteiger partial charge in [0.05, 0.1) is 19.2 Å². The molecule has 3 aromatic rings. The number of nitrogens with zero attached hydrogens (tertiary/aromatic N) is 4. The van der Waals surface area contributed by atoms with E-state index in [0.717, 1.165) is 40.9 Å². The van der Waals surface area contributed by atoms with Gasteiger partial charge in [0.2, 0.25) is 5.91 Å². The summed E-state index contributed by atoms with van der Waals surface area (Å²) < 4.78 is 13.4. The summed E-state index contributed by atoms with van der Waals surface area (Å²) in [7, 11) is 1.65. The fourth-order valence-electron chi connectivity index (χ4n) is 3.86. The van der Waals surface area contributed by atoms with Crippen molar-refractivity contribution in [3.63, 3.8) is 0 Å². The van der Waals surface area contributed by atoms with Gasteiger partial charge in [0, 0.05) is 31.7 Å². The van der Waals surface area contributed by atoms with E-state index >= 15 is 0 Å². The van der Waals surface area contributed by atoms with Crippen molar-refractivity contribution in [2.24, 2.45) is 0 Å². The second-order valence-electron chi connectivity index (χ2n) is 7.80. The maximum atomic E-state index is 12.6. The number of rotatable bonds is 8. The van der Waals surface area contributed by atoms with Crippen molar-refractivity contribution in [3.8, 4) is 11.5 Å². The van der Waals surface area contributed by atoms with Crippen molar-refractivity contribution in [3.05, 3.63) is 48.0 Å². The lowest BCUT2D eigenvalue weighted by Gasteiger charge is -2.22. The van der Waals surface area contributed by atoms with Gasteiger partial charge in [0.1, 0.15) is 23.1 Å². The van der Waals surface area contributed by atoms with Crippen LogP contribution in [0.15, 0.2) is 42.5 Å². The van der Waals surface area contributed by atoms with Gasteiger partial charge in [-0.2, -0.15) is 0 Å². The van der Waals surface area contributed by atoms with Crippen LogP contribution in [0.3, 0.4) is 0 Å². The summed E-state index contributed by atoms with van der Waals surface area (Å²) in [6.45, 7) is 5.11. The number of benzene rings is 2. The van der Waals surface area contributed by atoms with Gasteiger partial charge >= 0.3 is 0 Å². The largest absolute Gasteiger partial charge is 0.497 e. The molecule has 1 N–H and O–H groups in total. The molecule has 0 aliphatic carbocycles. The number of methoxy groups -OCH3 is 1. The summed E-state index contributed by atoms with van der Waals surface area (Å²) in [6, 6.07) is 13.7. The van der Waals surface area contributed by atoms with E-state index in [1.807, 2.05) is 47.1 Å². The van der Waals surface area contributed by atoms with Crippen molar-refractivity contribution >= 4 is 16.9 Å². The highest BCUT2D eigenvalue weighted by molar-refractivity contribution is 5.78. The van der Waals surface area contributed by atoms with Crippen molar-refractivity contribution in [2.75, 3.05) is 26.7 Å². The van der Waals surface area contributed by atoms with Gasteiger partial charge in [0.15, 0.2) is 0 Å². The molecule has 2 heterocycles. The Kier molecular flexibility index (Phi) is 6.66. The number of carbonyl (C=O) groups excluding carboxylic acids is 1. The molecule has 8 nitrogen and oxygen atoms in total. The number of carbonyl (C=O) groups is 1. The zero-order valence-corrected chi connectivity index (χ0v) is 18.1. The first-order valence-corrected chi connectivity index (χ1v) is 10.8. The van der Waals surface area contributed by atoms with E-state index in [-0.39, 0.29) is 12.0 Å². The van der Waals surface area contributed by atoms with Crippen LogP contribution in [0.1, 0.15) is 25.3 Å². The minimum atomic E-state index is 0.0182. The highest BCUT2D eigenvalue weighted by Crippen LogP contribution is 2.29. The number of hydrogen-bond acceptors (Lipinski definition) is 6. The first-order valence-electron chi connectivity index (χ1n) is 10.8. The lowest BCUT2D eigenvalue weighted by molar-refractivity contribution is -0.122. The fraction of sp³-hybridized carbons (Fsp3) is 0.435. The quantitative estimate of drug-likeness (QED) is 0.561. The van der Waals surface area contributed by atoms with Crippen LogP contribution in [0.2, 0.25) is 0 Å². The van der Waals surface area contributed by atoms with E-state index < -0.39 is 0 Å². The molecule has 4 rings (SSSR count). The highest BCUT2D eigenvalue weighted by Gasteiger charge is 2.23. The Labute approximate surface area is 182 Å². The fourth-order valence-corrected chi connectivity index (χ4v) is 3.86. The van der Waals surface area contributed by atoms with E-state index in [1.54, 1.807) is 7.11 Å². The molecular weight excluding hydrogens is 394 g/mol. The Bertz CT molecular complexity index is 1030. The zero-order chi connectivity index (χ0) is 21.6. The van der Waals surface area contributed by atoms with Crippen LogP contribution < -0.4 is 14.8 Å². The van der Waals surface area contributed by atoms with Crippen LogP contribution in [0, 0.1) is 0 Å². The Morgan fingerprint density at radius 3 is 3.00 bits per heavy atom. The van der Waals surface area contributed by atoms with Gasteiger partial charge in [0.25, 0.3) is 0 Å². The Morgan fingerprint density at radius 1 is 1.29 bits per heavy atom. The molecule has 1 aromatic heterocycles. The number of nitrogens with one attached hydrogen (secondary N) is 1. The summed E-state index contributed by atoms with van der Waals surface area (Å²) in [4.78, 5) is 14.7. The van der Waals surface area contributed by atoms with E-state index in [0.29, 0.717) is 32.7 Å². The molecular formula is C23H29N5O3. The summed E-state index contributed by atoms with van der Waals surface area (Å²) >= 11 is 0. The molecule has 8 heteroatoms. The Balaban J connectivity index is 1.29. The zero-order valence-electron chi connectivity index (χ0n) is 18.1. The highest BCUT2D eigenvalue weighted by atomic mass is 16.5. The van der Waals surface area contributed by atoms with Crippen LogP contribution in [0.4, 0.5) is 0 Å². The number of aromatic nitrogens is 3. The van der Waals surface area contributed by atoms with Crippen LogP contribution in [-0.4, -0.2) is 58.6 Å². The third-order valence-electron chi connectivity index (χ3n) is 5.53. The molecule has 0 radical (unpaired) electrons. The Hall–Kier alpha value is -3.13. The van der Waals surface area contributed by atoms with Gasteiger partial charge in [-0.05, 0) is 43.2 Å². The van der Waals surface area contributed by atoms with E-state index in [4.69, 9.17) is 9.47 Å². The predicted octanol–water partition coefficient (Wildman–Crippen LogP) is 2.62. The third-order valence-corrected chi connectivity index (χ3v) is 5.53. The molecule has 0 fully saturated rings. The second-order valence-corrected chi connectivity index (χ2v) is 7.80. The number of amides is 1. The smallest absolute Gasteiger partial charge is 0.234 e. The lowest BCUT2D eigenvalue weighted by Crippen LogP contribution is -2.40. The first-order chi connectivity index (χ1) is 15.2. The van der Waals surface area contributed by atoms with Gasteiger partial charge in [-0.15, -0.1) is 5.10 Å². The second kappa shape index (κ2) is 9.78. The van der Waals surface area contributed by atoms with E-state index in [1.165, 1.54) is 0 Å². The van der Waals surface area contributed by atoms with Gasteiger partial charge in [-0.1, -0.05) is 24.3 Å². The normalized spacial score (nSPS) is 16.4. The average molecular weight is 424 g/mol. The Morgan fingerprint density at radius 2 is 2.16 bits per heavy atom. The summed E-state index contributed by atoms with van der Waals surface area (Å²) in [6.07, 6.45) is 1.73. The van der Waals surface area contributed by atoms with Crippen LogP contribution in [0.5, 0.6) is 11.5 Å². The summed E-state index contributed by atoms with van der Waals surface area (Å²) in [5, 5.41) is 11.4. The van der Waals surface area contributed by atoms with Crippen molar-refractivity contribution in [2.45, 2.75) is 39.0 Å². The van der Waals surface area contributed by atoms with Crippen molar-refractivity contribution in [1.29, 1.82) is 0 Å². The summed E-state index contributed by atoms with van der Waals surface area (Å²) in [5.74, 6) is 1.68. The maximum Gasteiger partial charge on any atom is 0.234 e. The molecule has 0 saturated heterocycles. The summed E-state index contributed by atoms with van der Waals surface area (Å²) in [5.41, 5.74) is 2.94. The van der Waals surface area contributed by atoms with Crippen molar-refractivity contribution in [1.82, 2.24) is 25.2 Å². The third kappa shape index (κ3) is 5.14. The molecule has 31 heavy (non-hydrogen) atoms. The average Bonchev–Trinajstić information content (AvgIpc) is 3.11. The molecule has 0 bridgehead atoms. The monoisotopic (exact) mass is 423 g/mol. The van der Waals surface area contributed by atoms with Crippen LogP contribution in [0.25, 0.3) is 11.0 Å². The molecule has 1 aliphatic heterocycles. The molecule has 1 aliphatic rings. The first kappa shape index (κ1) is 21.1. The maximum absolute atomic E-state index is 12.6. The topological polar surface area (TPSA) is 81.5 Å². The lowest BCUT2D eigenvalue weighted by atomic mass is 10.2. The minimum Gasteiger partial charge on any atom is -0.497 e. The number of para-hydroxylation sites is 1. The van der Waals surface area contributed by atoms with E-state index in [2.05, 4.69) is 27.5 Å². The van der Waals surface area contributed by atoms with Crippen LogP contribution >= 0.6 is 0 Å². The van der Waals surface area contributed by atoms with E-state index in [9.17, 15) is 4.79 Å². The molecule has 1 atom stereocenters. The number of aryl methyl sites for hydroxylation is 1.